The van der Waals surface area contributed by atoms with Crippen molar-refractivity contribution in [3.8, 4) is 16.9 Å². The number of hydrogen-bond acceptors (Lipinski definition) is 7. The zero-order valence-electron chi connectivity index (χ0n) is 16.9. The van der Waals surface area contributed by atoms with Gasteiger partial charge in [-0.25, -0.2) is 9.59 Å². The molecular formula is C24H19N3O4S. The lowest BCUT2D eigenvalue weighted by Crippen LogP contribution is -2.37. The van der Waals surface area contributed by atoms with Gasteiger partial charge in [-0.05, 0) is 34.4 Å². The van der Waals surface area contributed by atoms with Crippen LogP contribution in [0.3, 0.4) is 0 Å². The summed E-state index contributed by atoms with van der Waals surface area (Å²) in [6, 6.07) is 21.2. The van der Waals surface area contributed by atoms with E-state index in [-0.39, 0.29) is 17.5 Å². The van der Waals surface area contributed by atoms with Gasteiger partial charge in [-0.3, -0.25) is 5.32 Å². The van der Waals surface area contributed by atoms with Crippen molar-refractivity contribution >= 4 is 40.6 Å². The highest BCUT2D eigenvalue weighted by Crippen LogP contribution is 2.44. The molecule has 160 valence electrons. The van der Waals surface area contributed by atoms with Crippen LogP contribution in [-0.4, -0.2) is 30.3 Å². The Balaban J connectivity index is 1.19. The summed E-state index contributed by atoms with van der Waals surface area (Å²) < 4.78 is 10.7. The molecule has 1 aliphatic carbocycles. The van der Waals surface area contributed by atoms with Gasteiger partial charge in [0.05, 0.1) is 18.0 Å². The average molecular weight is 446 g/mol. The van der Waals surface area contributed by atoms with Crippen LogP contribution in [0.5, 0.6) is 5.75 Å². The van der Waals surface area contributed by atoms with Crippen LogP contribution in [-0.2, 0) is 9.53 Å². The first kappa shape index (κ1) is 20.0. The van der Waals surface area contributed by atoms with Crippen LogP contribution in [0.15, 0.2) is 66.7 Å². The lowest BCUT2D eigenvalue weighted by molar-refractivity contribution is -0.127. The van der Waals surface area contributed by atoms with E-state index in [0.717, 1.165) is 33.6 Å². The number of ether oxygens (including phenoxy) is 2. The van der Waals surface area contributed by atoms with Gasteiger partial charge in [0.2, 0.25) is 0 Å². The molecule has 0 saturated carbocycles. The Morgan fingerprint density at radius 1 is 0.938 bits per heavy atom. The molecule has 0 atom stereocenters. The third kappa shape index (κ3) is 3.76. The Morgan fingerprint density at radius 3 is 2.31 bits per heavy atom. The molecule has 3 aromatic carbocycles. The molecule has 3 N–H and O–H groups in total. The summed E-state index contributed by atoms with van der Waals surface area (Å²) in [6.07, 6.45) is -0.798. The summed E-state index contributed by atoms with van der Waals surface area (Å²) in [5.74, 6) is -0.595. The summed E-state index contributed by atoms with van der Waals surface area (Å²) in [5, 5.41) is 8.53. The lowest BCUT2D eigenvalue weighted by Gasteiger charge is -2.14. The molecule has 0 spiro atoms. The number of rotatable bonds is 3. The Bertz CT molecular complexity index is 1200. The first-order valence-corrected chi connectivity index (χ1v) is 10.5. The van der Waals surface area contributed by atoms with Crippen LogP contribution >= 0.6 is 12.2 Å². The molecule has 1 aliphatic heterocycles. The van der Waals surface area contributed by atoms with E-state index in [2.05, 4.69) is 28.1 Å². The molecule has 0 unspecified atom stereocenters. The molecular weight excluding hydrogens is 426 g/mol. The largest absolute Gasteiger partial charge is 0.448 e. The van der Waals surface area contributed by atoms with Crippen LogP contribution < -0.4 is 20.7 Å². The Hall–Kier alpha value is -3.91. The highest BCUT2D eigenvalue weighted by molar-refractivity contribution is 7.82. The Kier molecular flexibility index (Phi) is 5.20. The second-order valence-corrected chi connectivity index (χ2v) is 7.82. The normalized spacial score (nSPS) is 13.1. The highest BCUT2D eigenvalue weighted by Gasteiger charge is 2.29. The number of anilines is 2. The average Bonchev–Trinajstić information content (AvgIpc) is 3.40. The molecule has 3 aromatic rings. The molecule has 5 rings (SSSR count). The summed E-state index contributed by atoms with van der Waals surface area (Å²) in [5.41, 5.74) is 6.21. The molecule has 8 heteroatoms. The van der Waals surface area contributed by atoms with Gasteiger partial charge in [-0.2, -0.15) is 0 Å². The van der Waals surface area contributed by atoms with Crippen molar-refractivity contribution in [1.29, 1.82) is 0 Å². The minimum absolute atomic E-state index is 0.0822. The Labute approximate surface area is 189 Å². The summed E-state index contributed by atoms with van der Waals surface area (Å²) in [4.78, 5) is 24.2. The van der Waals surface area contributed by atoms with Gasteiger partial charge in [0.1, 0.15) is 12.4 Å². The van der Waals surface area contributed by atoms with Crippen molar-refractivity contribution < 1.29 is 19.1 Å². The zero-order valence-corrected chi connectivity index (χ0v) is 17.7. The molecule has 1 amide bonds. The van der Waals surface area contributed by atoms with E-state index in [1.54, 1.807) is 18.2 Å². The van der Waals surface area contributed by atoms with Crippen molar-refractivity contribution in [1.82, 2.24) is 5.32 Å². The van der Waals surface area contributed by atoms with E-state index >= 15 is 0 Å². The number of carbonyl (C=O) groups is 2. The lowest BCUT2D eigenvalue weighted by atomic mass is 9.98. The molecule has 0 radical (unpaired) electrons. The predicted octanol–water partition coefficient (Wildman–Crippen LogP) is 4.25. The Morgan fingerprint density at radius 2 is 1.59 bits per heavy atom. The predicted molar refractivity (Wildman–Crippen MR) is 125 cm³/mol. The number of nitrogens with one attached hydrogen (secondary N) is 3. The molecule has 32 heavy (non-hydrogen) atoms. The van der Waals surface area contributed by atoms with Crippen molar-refractivity contribution in [3.05, 3.63) is 77.9 Å². The molecule has 1 heterocycles. The summed E-state index contributed by atoms with van der Waals surface area (Å²) in [7, 11) is 0. The van der Waals surface area contributed by atoms with Gasteiger partial charge in [0.25, 0.3) is 0 Å². The zero-order chi connectivity index (χ0) is 22.1. The van der Waals surface area contributed by atoms with E-state index in [4.69, 9.17) is 21.7 Å². The van der Waals surface area contributed by atoms with Crippen molar-refractivity contribution in [2.45, 2.75) is 5.92 Å². The van der Waals surface area contributed by atoms with Crippen LogP contribution in [0.1, 0.15) is 17.0 Å². The summed E-state index contributed by atoms with van der Waals surface area (Å²) >= 11 is 5.01. The number of fused-ring (bicyclic) bond motifs is 4. The second kappa shape index (κ2) is 8.32. The molecule has 0 saturated heterocycles. The first-order chi connectivity index (χ1) is 15.6. The molecule has 7 nitrogen and oxygen atoms in total. The van der Waals surface area contributed by atoms with Crippen LogP contribution in [0, 0.1) is 0 Å². The fourth-order valence-electron chi connectivity index (χ4n) is 4.05. The number of thiocarbonyl (C=S) groups is 1. The van der Waals surface area contributed by atoms with Gasteiger partial charge < -0.3 is 20.1 Å². The molecule has 0 bridgehead atoms. The number of benzene rings is 3. The molecule has 0 aromatic heterocycles. The maximum atomic E-state index is 12.3. The third-order valence-electron chi connectivity index (χ3n) is 5.50. The fourth-order valence-corrected chi connectivity index (χ4v) is 4.18. The van der Waals surface area contributed by atoms with Crippen LogP contribution in [0.2, 0.25) is 0 Å². The maximum Gasteiger partial charge on any atom is 0.412 e. The standard InChI is InChI=1S/C24H19N3O4S/c28-23(31-14-9-10-20-21(11-14)26-13-25-20)22(32)27-24(29)30-12-19-17-7-3-1-5-15(17)16-6-2-4-8-18(16)19/h1-11,19,25-26H,12-13H2,(H,27,29,32). The smallest absolute Gasteiger partial charge is 0.412 e. The second-order valence-electron chi connectivity index (χ2n) is 7.41. The first-order valence-electron chi connectivity index (χ1n) is 10.1. The van der Waals surface area contributed by atoms with E-state index in [0.29, 0.717) is 12.4 Å². The number of esters is 1. The number of carbonyl (C=O) groups excluding carboxylic acids is 2. The monoisotopic (exact) mass is 445 g/mol. The van der Waals surface area contributed by atoms with Gasteiger partial charge >= 0.3 is 12.1 Å². The quantitative estimate of drug-likeness (QED) is 0.315. The number of hydrogen-bond donors (Lipinski definition) is 3. The summed E-state index contributed by atoms with van der Waals surface area (Å²) in [6.45, 7) is 0.732. The van der Waals surface area contributed by atoms with Crippen molar-refractivity contribution in [2.75, 3.05) is 23.9 Å². The van der Waals surface area contributed by atoms with E-state index in [1.807, 2.05) is 36.4 Å². The SMILES string of the molecule is O=C(NC(=S)C(=O)Oc1ccc2c(c1)NCN2)OCC1c2ccccc2-c2ccccc21. The number of amides is 1. The van der Waals surface area contributed by atoms with Crippen molar-refractivity contribution in [3.63, 3.8) is 0 Å². The third-order valence-corrected chi connectivity index (χ3v) is 5.77. The van der Waals surface area contributed by atoms with Crippen molar-refractivity contribution in [2.24, 2.45) is 0 Å². The van der Waals surface area contributed by atoms with E-state index in [1.165, 1.54) is 0 Å². The van der Waals surface area contributed by atoms with E-state index in [9.17, 15) is 9.59 Å². The van der Waals surface area contributed by atoms with Gasteiger partial charge in [-0.15, -0.1) is 0 Å². The van der Waals surface area contributed by atoms with Crippen LogP contribution in [0.4, 0.5) is 16.2 Å². The molecule has 2 aliphatic rings. The minimum atomic E-state index is -0.834. The number of alkyl carbamates (subject to hydrolysis) is 1. The minimum Gasteiger partial charge on any atom is -0.448 e. The maximum absolute atomic E-state index is 12.3. The van der Waals surface area contributed by atoms with Gasteiger partial charge in [0, 0.05) is 12.0 Å². The molecule has 0 fully saturated rings. The van der Waals surface area contributed by atoms with Gasteiger partial charge in [0.15, 0.2) is 4.99 Å². The van der Waals surface area contributed by atoms with Gasteiger partial charge in [-0.1, -0.05) is 60.7 Å². The highest BCUT2D eigenvalue weighted by atomic mass is 32.1. The fraction of sp³-hybridized carbons (Fsp3) is 0.125. The topological polar surface area (TPSA) is 88.7 Å². The van der Waals surface area contributed by atoms with E-state index < -0.39 is 12.1 Å². The van der Waals surface area contributed by atoms with Crippen LogP contribution in [0.25, 0.3) is 11.1 Å².